The van der Waals surface area contributed by atoms with Gasteiger partial charge in [-0.3, -0.25) is 0 Å². The number of benzene rings is 1. The van der Waals surface area contributed by atoms with Crippen molar-refractivity contribution in [2.75, 3.05) is 11.9 Å². The van der Waals surface area contributed by atoms with Gasteiger partial charge in [-0.1, -0.05) is 18.2 Å². The summed E-state index contributed by atoms with van der Waals surface area (Å²) in [6, 6.07) is 8.60. The van der Waals surface area contributed by atoms with Crippen molar-refractivity contribution < 1.29 is 4.74 Å². The van der Waals surface area contributed by atoms with Crippen molar-refractivity contribution in [3.8, 4) is 0 Å². The fourth-order valence-electron chi connectivity index (χ4n) is 2.45. The summed E-state index contributed by atoms with van der Waals surface area (Å²) < 4.78 is 6.08. The van der Waals surface area contributed by atoms with Gasteiger partial charge in [0, 0.05) is 12.2 Å². The first-order valence-electron chi connectivity index (χ1n) is 6.39. The van der Waals surface area contributed by atoms with E-state index in [0.717, 1.165) is 19.4 Å². The maximum Gasteiger partial charge on any atom is 0.0754 e. The van der Waals surface area contributed by atoms with Gasteiger partial charge in [0.1, 0.15) is 0 Å². The zero-order valence-corrected chi connectivity index (χ0v) is 9.61. The molecular weight excluding hydrogens is 198 g/mol. The second-order valence-corrected chi connectivity index (χ2v) is 4.89. The molecule has 1 heterocycles. The van der Waals surface area contributed by atoms with Crippen molar-refractivity contribution in [3.05, 3.63) is 29.8 Å². The van der Waals surface area contributed by atoms with Crippen molar-refractivity contribution in [3.63, 3.8) is 0 Å². The molecule has 1 aliphatic carbocycles. The molecule has 1 aromatic carbocycles. The normalized spacial score (nSPS) is 25.1. The Kier molecular flexibility index (Phi) is 2.83. The number of hydrogen-bond donors (Lipinski definition) is 1. The molecular formula is C14H19NO. The van der Waals surface area contributed by atoms with E-state index in [1.807, 2.05) is 0 Å². The summed E-state index contributed by atoms with van der Waals surface area (Å²) in [5, 5.41) is 3.50. The lowest BCUT2D eigenvalue weighted by molar-refractivity contribution is -0.0474. The quantitative estimate of drug-likeness (QED) is 0.822. The number of aryl methyl sites for hydroxylation is 1. The van der Waals surface area contributed by atoms with Crippen molar-refractivity contribution in [2.24, 2.45) is 0 Å². The van der Waals surface area contributed by atoms with E-state index in [4.69, 9.17) is 4.74 Å². The second-order valence-electron chi connectivity index (χ2n) is 4.89. The highest BCUT2D eigenvalue weighted by atomic mass is 16.5. The summed E-state index contributed by atoms with van der Waals surface area (Å²) in [5.74, 6) is 0. The summed E-state index contributed by atoms with van der Waals surface area (Å²) in [6.07, 6.45) is 7.13. The van der Waals surface area contributed by atoms with E-state index in [1.165, 1.54) is 30.5 Å². The Morgan fingerprint density at radius 2 is 1.94 bits per heavy atom. The van der Waals surface area contributed by atoms with Crippen LogP contribution < -0.4 is 5.32 Å². The number of anilines is 1. The molecule has 1 aliphatic heterocycles. The molecule has 1 fully saturated rings. The van der Waals surface area contributed by atoms with Crippen LogP contribution in [0.15, 0.2) is 24.3 Å². The fourth-order valence-corrected chi connectivity index (χ4v) is 2.45. The molecule has 1 N–H and O–H groups in total. The van der Waals surface area contributed by atoms with E-state index in [1.54, 1.807) is 0 Å². The van der Waals surface area contributed by atoms with Crippen LogP contribution in [0.5, 0.6) is 0 Å². The predicted molar refractivity (Wildman–Crippen MR) is 65.8 cm³/mol. The van der Waals surface area contributed by atoms with Crippen LogP contribution in [0.1, 0.15) is 31.2 Å². The van der Waals surface area contributed by atoms with E-state index in [0.29, 0.717) is 12.2 Å². The van der Waals surface area contributed by atoms with E-state index in [-0.39, 0.29) is 0 Å². The number of fused-ring (bicyclic) bond motifs is 1. The van der Waals surface area contributed by atoms with Gasteiger partial charge in [-0.05, 0) is 43.7 Å². The van der Waals surface area contributed by atoms with Crippen molar-refractivity contribution in [1.82, 2.24) is 0 Å². The van der Waals surface area contributed by atoms with Crippen LogP contribution in [0.3, 0.4) is 0 Å². The van der Waals surface area contributed by atoms with Gasteiger partial charge in [-0.15, -0.1) is 0 Å². The van der Waals surface area contributed by atoms with E-state index < -0.39 is 0 Å². The van der Waals surface area contributed by atoms with Crippen LogP contribution in [0.4, 0.5) is 5.69 Å². The Bertz CT molecular complexity index is 333. The Labute approximate surface area is 97.0 Å². The molecule has 1 atom stereocenters. The van der Waals surface area contributed by atoms with Crippen LogP contribution in [0.25, 0.3) is 0 Å². The topological polar surface area (TPSA) is 21.3 Å². The summed E-state index contributed by atoms with van der Waals surface area (Å²) in [6.45, 7) is 0.966. The molecule has 0 saturated heterocycles. The third kappa shape index (κ3) is 2.07. The van der Waals surface area contributed by atoms with Gasteiger partial charge in [0.25, 0.3) is 0 Å². The molecule has 16 heavy (non-hydrogen) atoms. The van der Waals surface area contributed by atoms with Crippen LogP contribution in [0, 0.1) is 0 Å². The number of hydrogen-bond acceptors (Lipinski definition) is 2. The van der Waals surface area contributed by atoms with Crippen molar-refractivity contribution >= 4 is 5.69 Å². The molecule has 2 aliphatic rings. The molecule has 3 rings (SSSR count). The molecule has 1 aromatic rings. The average molecular weight is 217 g/mol. The lowest BCUT2D eigenvalue weighted by atomic mass is 9.96. The van der Waals surface area contributed by atoms with E-state index in [9.17, 15) is 0 Å². The van der Waals surface area contributed by atoms with E-state index >= 15 is 0 Å². The van der Waals surface area contributed by atoms with Gasteiger partial charge < -0.3 is 10.1 Å². The first-order chi connectivity index (χ1) is 7.92. The highest BCUT2D eigenvalue weighted by Crippen LogP contribution is 2.27. The SMILES string of the molecule is c1ccc2c(c1)CCC(OC1CCC1)CN2. The maximum atomic E-state index is 6.08. The van der Waals surface area contributed by atoms with Gasteiger partial charge in [-0.25, -0.2) is 0 Å². The largest absolute Gasteiger partial charge is 0.382 e. The molecule has 0 spiro atoms. The third-order valence-corrected chi connectivity index (χ3v) is 3.71. The van der Waals surface area contributed by atoms with Crippen molar-refractivity contribution in [2.45, 2.75) is 44.3 Å². The molecule has 2 nitrogen and oxygen atoms in total. The number of ether oxygens (including phenoxy) is 1. The molecule has 86 valence electrons. The van der Waals surface area contributed by atoms with Crippen LogP contribution in [-0.4, -0.2) is 18.8 Å². The smallest absolute Gasteiger partial charge is 0.0754 e. The summed E-state index contributed by atoms with van der Waals surface area (Å²) >= 11 is 0. The molecule has 0 bridgehead atoms. The number of para-hydroxylation sites is 1. The zero-order chi connectivity index (χ0) is 10.8. The monoisotopic (exact) mass is 217 g/mol. The maximum absolute atomic E-state index is 6.08. The standard InChI is InChI=1S/C14H19NO/c1-2-7-14-11(4-1)8-9-13(10-15-14)16-12-5-3-6-12/h1-2,4,7,12-13,15H,3,5-6,8-10H2. The minimum atomic E-state index is 0.401. The van der Waals surface area contributed by atoms with Gasteiger partial charge in [0.2, 0.25) is 0 Å². The third-order valence-electron chi connectivity index (χ3n) is 3.71. The van der Waals surface area contributed by atoms with Gasteiger partial charge in [0.15, 0.2) is 0 Å². The lowest BCUT2D eigenvalue weighted by Crippen LogP contribution is -2.31. The number of rotatable bonds is 2. The minimum Gasteiger partial charge on any atom is -0.382 e. The van der Waals surface area contributed by atoms with E-state index in [2.05, 4.69) is 29.6 Å². The first kappa shape index (κ1) is 10.2. The Balaban J connectivity index is 1.62. The van der Waals surface area contributed by atoms with Crippen LogP contribution in [0.2, 0.25) is 0 Å². The Hall–Kier alpha value is -1.02. The summed E-state index contributed by atoms with van der Waals surface area (Å²) in [4.78, 5) is 0. The summed E-state index contributed by atoms with van der Waals surface area (Å²) in [5.41, 5.74) is 2.73. The minimum absolute atomic E-state index is 0.401. The highest BCUT2D eigenvalue weighted by molar-refractivity contribution is 5.52. The molecule has 0 radical (unpaired) electrons. The highest BCUT2D eigenvalue weighted by Gasteiger charge is 2.23. The van der Waals surface area contributed by atoms with Crippen LogP contribution in [-0.2, 0) is 11.2 Å². The lowest BCUT2D eigenvalue weighted by Gasteiger charge is -2.30. The summed E-state index contributed by atoms with van der Waals surface area (Å²) in [7, 11) is 0. The Morgan fingerprint density at radius 1 is 1.06 bits per heavy atom. The van der Waals surface area contributed by atoms with Gasteiger partial charge in [-0.2, -0.15) is 0 Å². The molecule has 1 saturated carbocycles. The number of nitrogens with one attached hydrogen (secondary N) is 1. The second kappa shape index (κ2) is 4.46. The van der Waals surface area contributed by atoms with Crippen LogP contribution >= 0.6 is 0 Å². The zero-order valence-electron chi connectivity index (χ0n) is 9.61. The average Bonchev–Trinajstić information content (AvgIpc) is 2.46. The molecule has 0 aromatic heterocycles. The predicted octanol–water partition coefficient (Wildman–Crippen LogP) is 2.98. The fraction of sp³-hybridized carbons (Fsp3) is 0.571. The molecule has 1 unspecified atom stereocenters. The van der Waals surface area contributed by atoms with Gasteiger partial charge in [0.05, 0.1) is 12.2 Å². The molecule has 2 heteroatoms. The molecule has 0 amide bonds. The Morgan fingerprint density at radius 3 is 2.75 bits per heavy atom. The first-order valence-corrected chi connectivity index (χ1v) is 6.39. The van der Waals surface area contributed by atoms with Gasteiger partial charge >= 0.3 is 0 Å². The van der Waals surface area contributed by atoms with Crippen molar-refractivity contribution in [1.29, 1.82) is 0 Å².